The summed E-state index contributed by atoms with van der Waals surface area (Å²) in [6, 6.07) is 7.59. The van der Waals surface area contributed by atoms with Gasteiger partial charge in [0.05, 0.1) is 25.4 Å². The van der Waals surface area contributed by atoms with Gasteiger partial charge in [-0.1, -0.05) is 12.1 Å². The summed E-state index contributed by atoms with van der Waals surface area (Å²) in [7, 11) is 1.63. The van der Waals surface area contributed by atoms with E-state index in [1.165, 1.54) is 0 Å². The molecule has 18 heavy (non-hydrogen) atoms. The topological polar surface area (TPSA) is 68.9 Å². The zero-order valence-electron chi connectivity index (χ0n) is 10.6. The van der Waals surface area contributed by atoms with Crippen molar-refractivity contribution in [2.75, 3.05) is 25.6 Å². The second-order valence-corrected chi connectivity index (χ2v) is 4.19. The highest BCUT2D eigenvalue weighted by atomic mass is 16.5. The molecule has 1 aliphatic heterocycles. The molecule has 98 valence electrons. The fraction of sp³-hybridized carbons (Fsp3) is 0.462. The predicted octanol–water partition coefficient (Wildman–Crippen LogP) is 1.60. The summed E-state index contributed by atoms with van der Waals surface area (Å²) >= 11 is 0. The number of hydrogen-bond donors (Lipinski definition) is 2. The van der Waals surface area contributed by atoms with Crippen LogP contribution in [0.4, 0.5) is 5.69 Å². The van der Waals surface area contributed by atoms with Crippen molar-refractivity contribution in [1.29, 1.82) is 0 Å². The van der Waals surface area contributed by atoms with Gasteiger partial charge in [0.2, 0.25) is 0 Å². The molecule has 0 aliphatic carbocycles. The number of aliphatic imine (C=N–C) groups is 1. The van der Waals surface area contributed by atoms with Crippen LogP contribution in [0.25, 0.3) is 0 Å². The minimum absolute atomic E-state index is 0.211. The highest BCUT2D eigenvalue weighted by Gasteiger charge is 2.14. The molecular weight excluding hydrogens is 230 g/mol. The summed E-state index contributed by atoms with van der Waals surface area (Å²) in [5, 5.41) is 3.03. The fourth-order valence-corrected chi connectivity index (χ4v) is 1.91. The van der Waals surface area contributed by atoms with Gasteiger partial charge in [0, 0.05) is 6.61 Å². The lowest BCUT2D eigenvalue weighted by Crippen LogP contribution is -2.25. The van der Waals surface area contributed by atoms with Crippen LogP contribution in [0, 0.1) is 0 Å². The lowest BCUT2D eigenvalue weighted by atomic mass is 10.2. The monoisotopic (exact) mass is 249 g/mol. The van der Waals surface area contributed by atoms with E-state index in [4.69, 9.17) is 15.2 Å². The van der Waals surface area contributed by atoms with Gasteiger partial charge in [0.25, 0.3) is 0 Å². The predicted molar refractivity (Wildman–Crippen MR) is 72.1 cm³/mol. The van der Waals surface area contributed by atoms with Gasteiger partial charge in [-0.05, 0) is 25.0 Å². The average molecular weight is 249 g/mol. The van der Waals surface area contributed by atoms with Crippen molar-refractivity contribution in [1.82, 2.24) is 0 Å². The number of methoxy groups -OCH3 is 1. The first-order valence-electron chi connectivity index (χ1n) is 6.11. The summed E-state index contributed by atoms with van der Waals surface area (Å²) in [6.45, 7) is 1.44. The van der Waals surface area contributed by atoms with E-state index < -0.39 is 0 Å². The molecule has 5 nitrogen and oxygen atoms in total. The van der Waals surface area contributed by atoms with Crippen LogP contribution in [0.1, 0.15) is 12.8 Å². The van der Waals surface area contributed by atoms with Gasteiger partial charge < -0.3 is 20.5 Å². The molecule has 0 saturated carbocycles. The Bertz CT molecular complexity index is 414. The Kier molecular flexibility index (Phi) is 4.41. The quantitative estimate of drug-likeness (QED) is 0.628. The van der Waals surface area contributed by atoms with E-state index >= 15 is 0 Å². The summed E-state index contributed by atoms with van der Waals surface area (Å²) in [4.78, 5) is 4.28. The molecule has 0 aromatic heterocycles. The van der Waals surface area contributed by atoms with Crippen LogP contribution in [0.3, 0.4) is 0 Å². The number of benzene rings is 1. The first-order valence-corrected chi connectivity index (χ1v) is 6.11. The second-order valence-electron chi connectivity index (χ2n) is 4.19. The summed E-state index contributed by atoms with van der Waals surface area (Å²) in [6.07, 6.45) is 2.38. The standard InChI is InChI=1S/C13H19N3O2/c1-17-12-7-3-2-6-11(12)16-13(14)15-9-10-5-4-8-18-10/h2-3,6-7,10H,4-5,8-9H2,1H3,(H3,14,15,16). The van der Waals surface area contributed by atoms with E-state index in [9.17, 15) is 0 Å². The van der Waals surface area contributed by atoms with Crippen LogP contribution < -0.4 is 15.8 Å². The number of rotatable bonds is 4. The van der Waals surface area contributed by atoms with Gasteiger partial charge >= 0.3 is 0 Å². The molecule has 1 heterocycles. The van der Waals surface area contributed by atoms with Gasteiger partial charge in [0.1, 0.15) is 5.75 Å². The van der Waals surface area contributed by atoms with Gasteiger partial charge in [-0.3, -0.25) is 4.99 Å². The maximum Gasteiger partial charge on any atom is 0.193 e. The number of nitrogens with two attached hydrogens (primary N) is 1. The van der Waals surface area contributed by atoms with Gasteiger partial charge in [-0.2, -0.15) is 0 Å². The molecular formula is C13H19N3O2. The van der Waals surface area contributed by atoms with E-state index in [0.29, 0.717) is 12.5 Å². The van der Waals surface area contributed by atoms with Crippen molar-refractivity contribution in [2.24, 2.45) is 10.7 Å². The number of para-hydroxylation sites is 2. The summed E-state index contributed by atoms with van der Waals surface area (Å²) in [5.41, 5.74) is 6.65. The van der Waals surface area contributed by atoms with Crippen LogP contribution in [-0.2, 0) is 4.74 Å². The first kappa shape index (κ1) is 12.7. The molecule has 0 bridgehead atoms. The van der Waals surface area contributed by atoms with Crippen LogP contribution in [0.5, 0.6) is 5.75 Å². The highest BCUT2D eigenvalue weighted by Crippen LogP contribution is 2.22. The molecule has 0 radical (unpaired) electrons. The Balaban J connectivity index is 1.92. The molecule has 1 aromatic rings. The minimum atomic E-state index is 0.211. The Morgan fingerprint density at radius 1 is 1.56 bits per heavy atom. The van der Waals surface area contributed by atoms with E-state index in [1.807, 2.05) is 24.3 Å². The molecule has 1 fully saturated rings. The number of anilines is 1. The van der Waals surface area contributed by atoms with Crippen LogP contribution in [-0.4, -0.2) is 32.3 Å². The zero-order chi connectivity index (χ0) is 12.8. The smallest absolute Gasteiger partial charge is 0.193 e. The number of guanidine groups is 1. The molecule has 1 aromatic carbocycles. The molecule has 1 aliphatic rings. The third-order valence-corrected chi connectivity index (χ3v) is 2.86. The van der Waals surface area contributed by atoms with Crippen molar-refractivity contribution in [3.8, 4) is 5.75 Å². The van der Waals surface area contributed by atoms with Gasteiger partial charge in [-0.25, -0.2) is 0 Å². The Hall–Kier alpha value is -1.75. The van der Waals surface area contributed by atoms with E-state index in [0.717, 1.165) is 30.9 Å². The third-order valence-electron chi connectivity index (χ3n) is 2.86. The van der Waals surface area contributed by atoms with Crippen molar-refractivity contribution >= 4 is 11.6 Å². The lowest BCUT2D eigenvalue weighted by molar-refractivity contribution is 0.118. The summed E-state index contributed by atoms with van der Waals surface area (Å²) in [5.74, 6) is 1.13. The van der Waals surface area contributed by atoms with E-state index in [1.54, 1.807) is 7.11 Å². The maximum absolute atomic E-state index is 5.84. The summed E-state index contributed by atoms with van der Waals surface area (Å²) < 4.78 is 10.7. The lowest BCUT2D eigenvalue weighted by Gasteiger charge is -2.11. The zero-order valence-corrected chi connectivity index (χ0v) is 10.6. The van der Waals surface area contributed by atoms with Crippen molar-refractivity contribution in [3.63, 3.8) is 0 Å². The third kappa shape index (κ3) is 3.37. The van der Waals surface area contributed by atoms with Gasteiger partial charge in [-0.15, -0.1) is 0 Å². The van der Waals surface area contributed by atoms with Gasteiger partial charge in [0.15, 0.2) is 5.96 Å². The Morgan fingerprint density at radius 3 is 3.11 bits per heavy atom. The fourth-order valence-electron chi connectivity index (χ4n) is 1.91. The van der Waals surface area contributed by atoms with Crippen molar-refractivity contribution in [3.05, 3.63) is 24.3 Å². The SMILES string of the molecule is COc1ccccc1NC(N)=NCC1CCCO1. The maximum atomic E-state index is 5.84. The number of nitrogens with one attached hydrogen (secondary N) is 1. The second kappa shape index (κ2) is 6.26. The highest BCUT2D eigenvalue weighted by molar-refractivity contribution is 5.93. The Morgan fingerprint density at radius 2 is 2.39 bits per heavy atom. The van der Waals surface area contributed by atoms with Crippen LogP contribution >= 0.6 is 0 Å². The minimum Gasteiger partial charge on any atom is -0.495 e. The Labute approximate surface area is 107 Å². The number of ether oxygens (including phenoxy) is 2. The van der Waals surface area contributed by atoms with E-state index in [-0.39, 0.29) is 6.10 Å². The largest absolute Gasteiger partial charge is 0.495 e. The van der Waals surface area contributed by atoms with Crippen molar-refractivity contribution < 1.29 is 9.47 Å². The molecule has 5 heteroatoms. The van der Waals surface area contributed by atoms with Crippen molar-refractivity contribution in [2.45, 2.75) is 18.9 Å². The molecule has 1 atom stereocenters. The normalized spacial score (nSPS) is 19.8. The first-order chi connectivity index (χ1) is 8.79. The molecule has 1 saturated heterocycles. The molecule has 0 amide bonds. The molecule has 2 rings (SSSR count). The molecule has 1 unspecified atom stereocenters. The van der Waals surface area contributed by atoms with E-state index in [2.05, 4.69) is 10.3 Å². The molecule has 3 N–H and O–H groups in total. The number of hydrogen-bond acceptors (Lipinski definition) is 3. The number of nitrogens with zero attached hydrogens (tertiary/aromatic N) is 1. The average Bonchev–Trinajstić information content (AvgIpc) is 2.90. The molecule has 0 spiro atoms. The van der Waals surface area contributed by atoms with Crippen LogP contribution in [0.2, 0.25) is 0 Å². The van der Waals surface area contributed by atoms with Crippen LogP contribution in [0.15, 0.2) is 29.3 Å².